The van der Waals surface area contributed by atoms with Gasteiger partial charge in [-0.05, 0) is 37.1 Å². The van der Waals surface area contributed by atoms with E-state index in [-0.39, 0.29) is 0 Å². The van der Waals surface area contributed by atoms with Crippen LogP contribution in [0.3, 0.4) is 0 Å². The number of nitrogens with zero attached hydrogens (tertiary/aromatic N) is 2. The van der Waals surface area contributed by atoms with Crippen molar-refractivity contribution in [1.82, 2.24) is 0 Å². The van der Waals surface area contributed by atoms with E-state index in [4.69, 9.17) is 0 Å². The molecule has 25 heavy (non-hydrogen) atoms. The van der Waals surface area contributed by atoms with Crippen molar-refractivity contribution in [2.75, 3.05) is 23.3 Å². The molecule has 0 amide bonds. The molecule has 0 spiro atoms. The quantitative estimate of drug-likeness (QED) is 0.748. The van der Waals surface area contributed by atoms with Gasteiger partial charge in [0.1, 0.15) is 0 Å². The minimum atomic E-state index is 0.469. The molecule has 3 aromatic carbocycles. The molecule has 0 radical (unpaired) electrons. The zero-order chi connectivity index (χ0) is 17.1. The van der Waals surface area contributed by atoms with Crippen LogP contribution in [0.1, 0.15) is 18.4 Å². The minimum Gasteiger partial charge on any atom is -0.383 e. The lowest BCUT2D eigenvalue weighted by molar-refractivity contribution is 0.699. The van der Waals surface area contributed by atoms with E-state index in [0.717, 1.165) is 24.0 Å². The van der Waals surface area contributed by atoms with E-state index in [0.29, 0.717) is 6.04 Å². The number of rotatable bonds is 4. The van der Waals surface area contributed by atoms with E-state index in [1.54, 1.807) is 0 Å². The Balaban J connectivity index is 1.62. The molecule has 1 saturated heterocycles. The molecule has 1 heterocycles. The molecule has 1 fully saturated rings. The molecular weight excluding hydrogens is 306 g/mol. The van der Waals surface area contributed by atoms with Gasteiger partial charge in [-0.1, -0.05) is 42.5 Å². The number of hydrogen-bond acceptors (Lipinski definition) is 3. The van der Waals surface area contributed by atoms with Gasteiger partial charge in [-0.15, -0.1) is 0 Å². The van der Waals surface area contributed by atoms with Crippen LogP contribution in [-0.4, -0.2) is 19.1 Å². The van der Waals surface area contributed by atoms with Crippen LogP contribution in [0.15, 0.2) is 66.7 Å². The van der Waals surface area contributed by atoms with E-state index < -0.39 is 0 Å². The van der Waals surface area contributed by atoms with Crippen molar-refractivity contribution in [3.05, 3.63) is 72.3 Å². The molecule has 1 atom stereocenters. The summed E-state index contributed by atoms with van der Waals surface area (Å²) in [4.78, 5) is 2.50. The van der Waals surface area contributed by atoms with E-state index in [1.807, 2.05) is 24.3 Å². The maximum Gasteiger partial charge on any atom is 0.0998 e. The molecule has 3 heteroatoms. The molecule has 0 bridgehead atoms. The zero-order valence-electron chi connectivity index (χ0n) is 14.2. The van der Waals surface area contributed by atoms with Gasteiger partial charge < -0.3 is 10.2 Å². The van der Waals surface area contributed by atoms with Gasteiger partial charge in [0.2, 0.25) is 0 Å². The molecule has 0 aliphatic carbocycles. The molecule has 124 valence electrons. The molecule has 1 aliphatic rings. The highest BCUT2D eigenvalue weighted by Crippen LogP contribution is 2.34. The lowest BCUT2D eigenvalue weighted by atomic mass is 10.0. The molecule has 3 nitrogen and oxygen atoms in total. The Hall–Kier alpha value is -2.99. The minimum absolute atomic E-state index is 0.469. The summed E-state index contributed by atoms with van der Waals surface area (Å²) in [6, 6.07) is 25.5. The number of nitriles is 1. The first-order valence-corrected chi connectivity index (χ1v) is 8.84. The first kappa shape index (κ1) is 15.5. The smallest absolute Gasteiger partial charge is 0.0998 e. The van der Waals surface area contributed by atoms with E-state index >= 15 is 0 Å². The Bertz CT molecular complexity index is 911. The van der Waals surface area contributed by atoms with Gasteiger partial charge in [-0.2, -0.15) is 5.26 Å². The van der Waals surface area contributed by atoms with Gasteiger partial charge in [0.05, 0.1) is 11.6 Å². The highest BCUT2D eigenvalue weighted by atomic mass is 15.2. The van der Waals surface area contributed by atoms with Crippen LogP contribution in [0.4, 0.5) is 11.4 Å². The third kappa shape index (κ3) is 3.04. The topological polar surface area (TPSA) is 39.1 Å². The van der Waals surface area contributed by atoms with Gasteiger partial charge >= 0.3 is 0 Å². The van der Waals surface area contributed by atoms with Crippen molar-refractivity contribution >= 4 is 22.1 Å². The van der Waals surface area contributed by atoms with Gasteiger partial charge in [0.25, 0.3) is 0 Å². The average molecular weight is 327 g/mol. The number of para-hydroxylation sites is 1. The van der Waals surface area contributed by atoms with Crippen LogP contribution in [0.25, 0.3) is 10.8 Å². The summed E-state index contributed by atoms with van der Waals surface area (Å²) >= 11 is 0. The average Bonchev–Trinajstić information content (AvgIpc) is 3.14. The number of hydrogen-bond donors (Lipinski definition) is 1. The van der Waals surface area contributed by atoms with Crippen molar-refractivity contribution in [3.8, 4) is 6.07 Å². The lowest BCUT2D eigenvalue weighted by Crippen LogP contribution is -2.35. The van der Waals surface area contributed by atoms with Crippen LogP contribution < -0.4 is 10.2 Å². The third-order valence-corrected chi connectivity index (χ3v) is 5.02. The highest BCUT2D eigenvalue weighted by molar-refractivity contribution is 5.98. The van der Waals surface area contributed by atoms with Gasteiger partial charge in [-0.25, -0.2) is 0 Å². The van der Waals surface area contributed by atoms with Crippen molar-refractivity contribution < 1.29 is 0 Å². The summed E-state index contributed by atoms with van der Waals surface area (Å²) in [6.07, 6.45) is 2.39. The van der Waals surface area contributed by atoms with Crippen molar-refractivity contribution in [2.24, 2.45) is 0 Å². The summed E-state index contributed by atoms with van der Waals surface area (Å²) in [6.45, 7) is 2.00. The SMILES string of the molecule is N#Cc1ccc(N2CCC[C@@H]2CNc2ccccc2)c2ccccc12. The first-order valence-electron chi connectivity index (χ1n) is 8.84. The molecule has 4 rings (SSSR count). The van der Waals surface area contributed by atoms with E-state index in [1.165, 1.54) is 29.6 Å². The summed E-state index contributed by atoms with van der Waals surface area (Å²) in [5.74, 6) is 0. The predicted molar refractivity (Wildman–Crippen MR) is 104 cm³/mol. The molecule has 0 saturated carbocycles. The Kier molecular flexibility index (Phi) is 4.26. The normalized spacial score (nSPS) is 16.8. The van der Waals surface area contributed by atoms with Crippen LogP contribution in [0.5, 0.6) is 0 Å². The predicted octanol–water partition coefficient (Wildman–Crippen LogP) is 4.79. The summed E-state index contributed by atoms with van der Waals surface area (Å²) < 4.78 is 0. The van der Waals surface area contributed by atoms with E-state index in [9.17, 15) is 5.26 Å². The monoisotopic (exact) mass is 327 g/mol. The van der Waals surface area contributed by atoms with Crippen molar-refractivity contribution in [2.45, 2.75) is 18.9 Å². The molecule has 1 aliphatic heterocycles. The summed E-state index contributed by atoms with van der Waals surface area (Å²) in [5.41, 5.74) is 3.16. The molecule has 3 aromatic rings. The fourth-order valence-electron chi connectivity index (χ4n) is 3.79. The molecule has 1 N–H and O–H groups in total. The van der Waals surface area contributed by atoms with E-state index in [2.05, 4.69) is 58.8 Å². The number of anilines is 2. The molecule has 0 aromatic heterocycles. The van der Waals surface area contributed by atoms with Gasteiger partial charge in [0, 0.05) is 41.3 Å². The first-order chi connectivity index (χ1) is 12.4. The Morgan fingerprint density at radius 3 is 2.52 bits per heavy atom. The van der Waals surface area contributed by atoms with Gasteiger partial charge in [0.15, 0.2) is 0 Å². The van der Waals surface area contributed by atoms with Crippen LogP contribution >= 0.6 is 0 Å². The summed E-state index contributed by atoms with van der Waals surface area (Å²) in [7, 11) is 0. The Labute approximate surface area is 148 Å². The third-order valence-electron chi connectivity index (χ3n) is 5.02. The second-order valence-corrected chi connectivity index (χ2v) is 6.53. The number of fused-ring (bicyclic) bond motifs is 1. The fraction of sp³-hybridized carbons (Fsp3) is 0.227. The van der Waals surface area contributed by atoms with Crippen LogP contribution in [0.2, 0.25) is 0 Å². The largest absolute Gasteiger partial charge is 0.383 e. The van der Waals surface area contributed by atoms with Crippen LogP contribution in [0, 0.1) is 11.3 Å². The standard InChI is InChI=1S/C22H21N3/c23-15-17-12-13-22(21-11-5-4-10-20(17)21)25-14-6-9-19(25)16-24-18-7-2-1-3-8-18/h1-5,7-8,10-13,19,24H,6,9,14,16H2/t19-/m1/s1. The highest BCUT2D eigenvalue weighted by Gasteiger charge is 2.26. The maximum absolute atomic E-state index is 9.38. The summed E-state index contributed by atoms with van der Waals surface area (Å²) in [5, 5.41) is 15.2. The second kappa shape index (κ2) is 6.86. The van der Waals surface area contributed by atoms with Gasteiger partial charge in [-0.3, -0.25) is 0 Å². The maximum atomic E-state index is 9.38. The zero-order valence-corrected chi connectivity index (χ0v) is 14.2. The Morgan fingerprint density at radius 2 is 1.72 bits per heavy atom. The Morgan fingerprint density at radius 1 is 0.960 bits per heavy atom. The lowest BCUT2D eigenvalue weighted by Gasteiger charge is -2.29. The second-order valence-electron chi connectivity index (χ2n) is 6.53. The van der Waals surface area contributed by atoms with Crippen molar-refractivity contribution in [3.63, 3.8) is 0 Å². The number of benzene rings is 3. The van der Waals surface area contributed by atoms with Crippen LogP contribution in [-0.2, 0) is 0 Å². The number of nitrogens with one attached hydrogen (secondary N) is 1. The fourth-order valence-corrected chi connectivity index (χ4v) is 3.79. The molecule has 0 unspecified atom stereocenters. The van der Waals surface area contributed by atoms with Crippen molar-refractivity contribution in [1.29, 1.82) is 5.26 Å². The molecular formula is C22H21N3.